The molecule has 2 unspecified atom stereocenters. The van der Waals surface area contributed by atoms with E-state index in [2.05, 4.69) is 12.6 Å². The fourth-order valence-corrected chi connectivity index (χ4v) is 1.71. The number of aliphatic hydroxyl groups excluding tert-OH is 2. The van der Waals surface area contributed by atoms with Gasteiger partial charge >= 0.3 is 5.69 Å². The van der Waals surface area contributed by atoms with Crippen molar-refractivity contribution in [1.82, 2.24) is 0 Å². The highest BCUT2D eigenvalue weighted by molar-refractivity contribution is 7.80. The van der Waals surface area contributed by atoms with Gasteiger partial charge in [-0.05, 0) is 29.9 Å². The molecule has 0 aliphatic heterocycles. The van der Waals surface area contributed by atoms with Crippen molar-refractivity contribution in [2.24, 2.45) is 0 Å². The Morgan fingerprint density at radius 3 is 2.22 bits per heavy atom. The third-order valence-corrected chi connectivity index (χ3v) is 2.61. The summed E-state index contributed by atoms with van der Waals surface area (Å²) in [5, 5.41) is 29.4. The third kappa shape index (κ3) is 3.15. The van der Waals surface area contributed by atoms with Crippen LogP contribution in [0, 0.1) is 21.7 Å². The van der Waals surface area contributed by atoms with Crippen LogP contribution in [-0.4, -0.2) is 27.0 Å². The molecular formula is C10H11F2NO4S. The van der Waals surface area contributed by atoms with Gasteiger partial charge in [0.25, 0.3) is 0 Å². The number of nitro groups is 1. The molecule has 1 rings (SSSR count). The normalized spacial score (nSPS) is 14.3. The van der Waals surface area contributed by atoms with E-state index in [0.717, 1.165) is 0 Å². The highest BCUT2D eigenvalue weighted by Gasteiger charge is 2.26. The summed E-state index contributed by atoms with van der Waals surface area (Å²) in [6, 6.07) is 1.27. The summed E-state index contributed by atoms with van der Waals surface area (Å²) in [5.74, 6) is -2.52. The molecule has 0 radical (unpaired) electrons. The van der Waals surface area contributed by atoms with Gasteiger partial charge in [-0.3, -0.25) is 10.1 Å². The zero-order chi connectivity index (χ0) is 13.9. The Kier molecular flexibility index (Phi) is 5.00. The third-order valence-electron chi connectivity index (χ3n) is 2.35. The maximum absolute atomic E-state index is 13.3. The molecule has 8 heteroatoms. The average Bonchev–Trinajstić information content (AvgIpc) is 2.26. The van der Waals surface area contributed by atoms with E-state index in [-0.39, 0.29) is 17.7 Å². The molecule has 0 aliphatic rings. The molecule has 0 spiro atoms. The van der Waals surface area contributed by atoms with Gasteiger partial charge < -0.3 is 10.2 Å². The van der Waals surface area contributed by atoms with Gasteiger partial charge in [0, 0.05) is 0 Å². The fraction of sp³-hybridized carbons (Fsp3) is 0.400. The predicted molar refractivity (Wildman–Crippen MR) is 62.4 cm³/mol. The maximum atomic E-state index is 13.3. The number of rotatable bonds is 5. The van der Waals surface area contributed by atoms with Crippen LogP contribution >= 0.6 is 12.6 Å². The lowest BCUT2D eigenvalue weighted by Crippen LogP contribution is -2.19. The zero-order valence-electron chi connectivity index (χ0n) is 9.08. The standard InChI is InChI=1S/C10H11F2NO4S/c11-6-3-5(10(15)8(14)1-2-18)4-7(12)9(6)13(16)17/h3-4,8,10,14-15,18H,1-2H2. The highest BCUT2D eigenvalue weighted by atomic mass is 32.1. The van der Waals surface area contributed by atoms with E-state index in [4.69, 9.17) is 0 Å². The van der Waals surface area contributed by atoms with Crippen LogP contribution in [0.2, 0.25) is 0 Å². The van der Waals surface area contributed by atoms with Crippen molar-refractivity contribution in [3.8, 4) is 0 Å². The van der Waals surface area contributed by atoms with E-state index in [1.165, 1.54) is 0 Å². The minimum atomic E-state index is -1.53. The Morgan fingerprint density at radius 2 is 1.83 bits per heavy atom. The maximum Gasteiger partial charge on any atom is 0.340 e. The molecule has 0 bridgehead atoms. The topological polar surface area (TPSA) is 83.6 Å². The van der Waals surface area contributed by atoms with Crippen LogP contribution in [0.5, 0.6) is 0 Å². The Labute approximate surface area is 107 Å². The number of nitrogens with zero attached hydrogens (tertiary/aromatic N) is 1. The molecule has 0 heterocycles. The molecule has 1 aromatic carbocycles. The summed E-state index contributed by atoms with van der Waals surface area (Å²) < 4.78 is 26.6. The van der Waals surface area contributed by atoms with Crippen molar-refractivity contribution in [3.05, 3.63) is 39.4 Å². The van der Waals surface area contributed by atoms with Crippen molar-refractivity contribution in [2.75, 3.05) is 5.75 Å². The predicted octanol–water partition coefficient (Wildman–Crippen LogP) is 1.59. The SMILES string of the molecule is O=[N+]([O-])c1c(F)cc(C(O)C(O)CCS)cc1F. The van der Waals surface area contributed by atoms with Gasteiger partial charge in [-0.1, -0.05) is 0 Å². The second-order valence-electron chi connectivity index (χ2n) is 3.61. The second kappa shape index (κ2) is 6.07. The van der Waals surface area contributed by atoms with Crippen molar-refractivity contribution in [2.45, 2.75) is 18.6 Å². The molecular weight excluding hydrogens is 268 g/mol. The molecule has 18 heavy (non-hydrogen) atoms. The number of thiol groups is 1. The summed E-state index contributed by atoms with van der Waals surface area (Å²) in [6.45, 7) is 0. The van der Waals surface area contributed by atoms with Crippen LogP contribution < -0.4 is 0 Å². The van der Waals surface area contributed by atoms with Gasteiger partial charge in [0.05, 0.1) is 11.0 Å². The van der Waals surface area contributed by atoms with E-state index < -0.39 is 34.5 Å². The number of hydrogen-bond acceptors (Lipinski definition) is 5. The molecule has 0 amide bonds. The second-order valence-corrected chi connectivity index (χ2v) is 4.06. The first-order valence-electron chi connectivity index (χ1n) is 4.98. The summed E-state index contributed by atoms with van der Waals surface area (Å²) in [5.41, 5.74) is -1.54. The highest BCUT2D eigenvalue weighted by Crippen LogP contribution is 2.27. The minimum absolute atomic E-state index is 0.116. The first-order valence-corrected chi connectivity index (χ1v) is 5.62. The monoisotopic (exact) mass is 279 g/mol. The lowest BCUT2D eigenvalue weighted by Gasteiger charge is -2.17. The van der Waals surface area contributed by atoms with Crippen LogP contribution in [0.3, 0.4) is 0 Å². The number of nitro benzene ring substituents is 1. The van der Waals surface area contributed by atoms with Crippen LogP contribution in [0.15, 0.2) is 12.1 Å². The van der Waals surface area contributed by atoms with Gasteiger partial charge in [0.1, 0.15) is 6.10 Å². The van der Waals surface area contributed by atoms with E-state index >= 15 is 0 Å². The lowest BCUT2D eigenvalue weighted by atomic mass is 10.0. The summed E-state index contributed by atoms with van der Waals surface area (Å²) in [6.07, 6.45) is -2.66. The van der Waals surface area contributed by atoms with Crippen molar-refractivity contribution < 1.29 is 23.9 Å². The van der Waals surface area contributed by atoms with Crippen molar-refractivity contribution in [3.63, 3.8) is 0 Å². The first-order chi connectivity index (χ1) is 8.38. The molecule has 0 saturated carbocycles. The zero-order valence-corrected chi connectivity index (χ0v) is 9.98. The minimum Gasteiger partial charge on any atom is -0.390 e. The lowest BCUT2D eigenvalue weighted by molar-refractivity contribution is -0.390. The van der Waals surface area contributed by atoms with E-state index in [1.807, 2.05) is 0 Å². The van der Waals surface area contributed by atoms with Gasteiger partial charge in [-0.2, -0.15) is 21.4 Å². The molecule has 0 aromatic heterocycles. The number of hydrogen-bond donors (Lipinski definition) is 3. The first kappa shape index (κ1) is 14.8. The quantitative estimate of drug-likeness (QED) is 0.434. The molecule has 100 valence electrons. The van der Waals surface area contributed by atoms with Crippen LogP contribution in [0.25, 0.3) is 0 Å². The van der Waals surface area contributed by atoms with Crippen LogP contribution in [-0.2, 0) is 0 Å². The molecule has 5 nitrogen and oxygen atoms in total. The fourth-order valence-electron chi connectivity index (χ4n) is 1.44. The van der Waals surface area contributed by atoms with Gasteiger partial charge in [0.15, 0.2) is 0 Å². The van der Waals surface area contributed by atoms with Crippen LogP contribution in [0.4, 0.5) is 14.5 Å². The van der Waals surface area contributed by atoms with Crippen molar-refractivity contribution in [1.29, 1.82) is 0 Å². The van der Waals surface area contributed by atoms with Gasteiger partial charge in [0.2, 0.25) is 11.6 Å². The number of benzene rings is 1. The average molecular weight is 279 g/mol. The van der Waals surface area contributed by atoms with Gasteiger partial charge in [-0.25, -0.2) is 0 Å². The Bertz CT molecular complexity index is 434. The number of halogens is 2. The van der Waals surface area contributed by atoms with E-state index in [0.29, 0.717) is 12.1 Å². The Hall–Kier alpha value is -1.25. The Morgan fingerprint density at radius 1 is 1.33 bits per heavy atom. The van der Waals surface area contributed by atoms with Gasteiger partial charge in [-0.15, -0.1) is 0 Å². The molecule has 2 atom stereocenters. The molecule has 0 saturated heterocycles. The summed E-state index contributed by atoms with van der Waals surface area (Å²) in [4.78, 5) is 9.17. The van der Waals surface area contributed by atoms with E-state index in [9.17, 15) is 29.1 Å². The van der Waals surface area contributed by atoms with E-state index in [1.54, 1.807) is 0 Å². The molecule has 0 fully saturated rings. The smallest absolute Gasteiger partial charge is 0.340 e. The molecule has 1 aromatic rings. The molecule has 2 N–H and O–H groups in total. The Balaban J connectivity index is 3.10. The van der Waals surface area contributed by atoms with Crippen LogP contribution in [0.1, 0.15) is 18.1 Å². The summed E-state index contributed by atoms with van der Waals surface area (Å²) in [7, 11) is 0. The largest absolute Gasteiger partial charge is 0.390 e. The summed E-state index contributed by atoms with van der Waals surface area (Å²) >= 11 is 3.84. The van der Waals surface area contributed by atoms with Crippen molar-refractivity contribution >= 4 is 18.3 Å². The number of aliphatic hydroxyl groups is 2. The molecule has 0 aliphatic carbocycles.